The summed E-state index contributed by atoms with van der Waals surface area (Å²) in [6, 6.07) is 23.8. The Morgan fingerprint density at radius 3 is 2.17 bits per heavy atom. The highest BCUT2D eigenvalue weighted by molar-refractivity contribution is 5.88. The number of nitrogens with one attached hydrogen (secondary N) is 3. The highest BCUT2D eigenvalue weighted by Crippen LogP contribution is 2.40. The quantitative estimate of drug-likeness (QED) is 0.0663. The number of carbonyl (C=O) groups is 4. The fourth-order valence-electron chi connectivity index (χ4n) is 7.51. The predicted octanol–water partition coefficient (Wildman–Crippen LogP) is 12.5. The first-order chi connectivity index (χ1) is 30.5. The molecule has 5 rings (SSSR count). The SMILES string of the molecule is CC.CCC.CCC=O.CCCCC(=O)NCCCCC(C)=NC1=C(C(C)CC)c2ccc(-c3ccc(NC4CCCN4C(=O)[C@H](NC(=O)OC)c4ccccc4)cc3)cc2CC1. The lowest BCUT2D eigenvalue weighted by atomic mass is 9.80. The average Bonchev–Trinajstić information content (AvgIpc) is 3.78. The van der Waals surface area contributed by atoms with Crippen LogP contribution in [-0.4, -0.2) is 61.2 Å². The summed E-state index contributed by atoms with van der Waals surface area (Å²) < 4.78 is 4.83. The monoisotopic (exact) mass is 866 g/mol. The minimum Gasteiger partial charge on any atom is -0.453 e. The zero-order chi connectivity index (χ0) is 46.6. The summed E-state index contributed by atoms with van der Waals surface area (Å²) in [6.07, 6.45) is 12.1. The molecule has 3 atom stereocenters. The molecule has 1 saturated heterocycles. The first-order valence-corrected chi connectivity index (χ1v) is 23.7. The summed E-state index contributed by atoms with van der Waals surface area (Å²) in [7, 11) is 1.30. The lowest BCUT2D eigenvalue weighted by molar-refractivity contribution is -0.134. The summed E-state index contributed by atoms with van der Waals surface area (Å²) in [5.41, 5.74) is 10.4. The number of hydrogen-bond donors (Lipinski definition) is 3. The maximum atomic E-state index is 13.8. The number of methoxy groups -OCH3 is 1. The zero-order valence-electron chi connectivity index (χ0n) is 40.3. The van der Waals surface area contributed by atoms with E-state index in [1.165, 1.54) is 41.5 Å². The van der Waals surface area contributed by atoms with E-state index in [-0.39, 0.29) is 18.0 Å². The van der Waals surface area contributed by atoms with Gasteiger partial charge in [0, 0.05) is 43.0 Å². The van der Waals surface area contributed by atoms with Crippen LogP contribution in [-0.2, 0) is 25.5 Å². The molecule has 2 aliphatic rings. The van der Waals surface area contributed by atoms with E-state index in [1.807, 2.05) is 56.0 Å². The van der Waals surface area contributed by atoms with Gasteiger partial charge in [0.15, 0.2) is 0 Å². The Morgan fingerprint density at radius 1 is 0.889 bits per heavy atom. The molecule has 3 N–H and O–H groups in total. The molecule has 346 valence electrons. The van der Waals surface area contributed by atoms with E-state index in [0.717, 1.165) is 94.0 Å². The third-order valence-electron chi connectivity index (χ3n) is 10.9. The number of ether oxygens (including phenoxy) is 1. The second-order valence-corrected chi connectivity index (χ2v) is 16.0. The standard InChI is InChI=1S/C45H59N5O4.C3H6O.C3H8.C2H6/c1-6-8-19-41(51)46-28-13-12-15-32(4)47-39-27-23-36-30-35(22-26-38(36)42(39)31(3)7-2)33-20-24-37(25-21-33)48-40-18-14-29-50(40)44(52)43(49-45(53)54-5)34-16-10-9-11-17-34;1-2-3-4;1-3-2;1-2/h9-11,16-17,20-22,24-26,30-31,40,43,48H,6-8,12-15,18-19,23,27-29H2,1-5H3,(H,46,51)(H,49,53);3H,2H2,1H3;3H2,1-2H3;1-2H3/t31?,40?,43-;;;/m1.../s1. The fraction of sp³-hybridized carbons (Fsp3) is 0.528. The number of aryl methyl sites for hydroxylation is 1. The van der Waals surface area contributed by atoms with Crippen LogP contribution in [0, 0.1) is 5.92 Å². The van der Waals surface area contributed by atoms with Crippen LogP contribution in [0.2, 0.25) is 0 Å². The number of allylic oxidation sites excluding steroid dienone is 2. The molecule has 0 aromatic heterocycles. The largest absolute Gasteiger partial charge is 0.453 e. The Bertz CT molecular complexity index is 1870. The van der Waals surface area contributed by atoms with Crippen LogP contribution in [0.1, 0.15) is 162 Å². The number of likely N-dealkylation sites (tertiary alicyclic amines) is 1. The number of amides is 3. The number of fused-ring (bicyclic) bond motifs is 1. The minimum absolute atomic E-state index is 0.162. The van der Waals surface area contributed by atoms with Gasteiger partial charge in [-0.15, -0.1) is 0 Å². The number of aliphatic imine (C=N–C) groups is 1. The molecular weight excluding hydrogens is 787 g/mol. The topological polar surface area (TPSA) is 129 Å². The van der Waals surface area contributed by atoms with Gasteiger partial charge in [-0.25, -0.2) is 4.79 Å². The van der Waals surface area contributed by atoms with Crippen LogP contribution in [0.3, 0.4) is 0 Å². The van der Waals surface area contributed by atoms with Gasteiger partial charge >= 0.3 is 6.09 Å². The van der Waals surface area contributed by atoms with Gasteiger partial charge < -0.3 is 30.4 Å². The van der Waals surface area contributed by atoms with E-state index in [0.29, 0.717) is 30.9 Å². The first-order valence-electron chi connectivity index (χ1n) is 23.7. The second-order valence-electron chi connectivity index (χ2n) is 16.0. The van der Waals surface area contributed by atoms with Crippen molar-refractivity contribution in [3.05, 3.63) is 95.2 Å². The Morgan fingerprint density at radius 2 is 1.56 bits per heavy atom. The van der Waals surface area contributed by atoms with E-state index in [9.17, 15) is 19.2 Å². The first kappa shape index (κ1) is 53.9. The van der Waals surface area contributed by atoms with Crippen molar-refractivity contribution in [1.82, 2.24) is 15.5 Å². The Kier molecular flexibility index (Phi) is 26.3. The van der Waals surface area contributed by atoms with E-state index in [2.05, 4.69) is 100.0 Å². The van der Waals surface area contributed by atoms with Gasteiger partial charge in [0.25, 0.3) is 5.91 Å². The van der Waals surface area contributed by atoms with Crippen molar-refractivity contribution in [2.24, 2.45) is 10.9 Å². The number of nitrogens with zero attached hydrogens (tertiary/aromatic N) is 2. The Balaban J connectivity index is 0.00000140. The molecule has 3 aromatic carbocycles. The van der Waals surface area contributed by atoms with Crippen molar-refractivity contribution in [3.8, 4) is 11.1 Å². The van der Waals surface area contributed by atoms with Gasteiger partial charge in [0.1, 0.15) is 18.5 Å². The van der Waals surface area contributed by atoms with Crippen molar-refractivity contribution in [1.29, 1.82) is 0 Å². The highest BCUT2D eigenvalue weighted by Gasteiger charge is 2.35. The second kappa shape index (κ2) is 30.7. The maximum absolute atomic E-state index is 13.8. The van der Waals surface area contributed by atoms with E-state index in [1.54, 1.807) is 0 Å². The van der Waals surface area contributed by atoms with E-state index >= 15 is 0 Å². The molecule has 1 aliphatic heterocycles. The Hall–Kier alpha value is -5.25. The Labute approximate surface area is 380 Å². The van der Waals surface area contributed by atoms with Crippen LogP contribution in [0.25, 0.3) is 16.7 Å². The van der Waals surface area contributed by atoms with Crippen LogP contribution >= 0.6 is 0 Å². The van der Waals surface area contributed by atoms with Gasteiger partial charge in [0.05, 0.1) is 7.11 Å². The van der Waals surface area contributed by atoms with Crippen molar-refractivity contribution in [2.45, 2.75) is 158 Å². The summed E-state index contributed by atoms with van der Waals surface area (Å²) >= 11 is 0. The molecule has 3 amide bonds. The normalized spacial score (nSPS) is 15.1. The fourth-order valence-corrected chi connectivity index (χ4v) is 7.51. The zero-order valence-corrected chi connectivity index (χ0v) is 40.3. The smallest absolute Gasteiger partial charge is 0.407 e. The molecule has 1 aliphatic carbocycles. The van der Waals surface area contributed by atoms with Crippen LogP contribution in [0.5, 0.6) is 0 Å². The van der Waals surface area contributed by atoms with Crippen LogP contribution in [0.15, 0.2) is 83.5 Å². The molecule has 0 bridgehead atoms. The molecule has 0 spiro atoms. The van der Waals surface area contributed by atoms with E-state index in [4.69, 9.17) is 9.73 Å². The molecule has 0 saturated carbocycles. The number of rotatable bonds is 18. The van der Waals surface area contributed by atoms with Crippen LogP contribution in [0.4, 0.5) is 10.5 Å². The molecule has 63 heavy (non-hydrogen) atoms. The molecule has 1 fully saturated rings. The molecule has 10 heteroatoms. The number of carbonyl (C=O) groups excluding carboxylic acids is 4. The molecule has 2 unspecified atom stereocenters. The molecule has 3 aromatic rings. The predicted molar refractivity (Wildman–Crippen MR) is 263 cm³/mol. The summed E-state index contributed by atoms with van der Waals surface area (Å²) in [5.74, 6) is 0.406. The average molecular weight is 866 g/mol. The highest BCUT2D eigenvalue weighted by atomic mass is 16.5. The molecule has 10 nitrogen and oxygen atoms in total. The number of aldehydes is 1. The third kappa shape index (κ3) is 17.8. The molecule has 0 radical (unpaired) electrons. The van der Waals surface area contributed by atoms with Crippen molar-refractivity contribution >= 4 is 41.2 Å². The van der Waals surface area contributed by atoms with Gasteiger partial charge in [-0.3, -0.25) is 14.6 Å². The lowest BCUT2D eigenvalue weighted by Gasteiger charge is -2.30. The summed E-state index contributed by atoms with van der Waals surface area (Å²) in [4.78, 5) is 54.1. The van der Waals surface area contributed by atoms with Gasteiger partial charge in [0.2, 0.25) is 5.91 Å². The van der Waals surface area contributed by atoms with Gasteiger partial charge in [-0.1, -0.05) is 129 Å². The minimum atomic E-state index is -0.832. The summed E-state index contributed by atoms with van der Waals surface area (Å²) in [5, 5.41) is 9.36. The third-order valence-corrected chi connectivity index (χ3v) is 10.9. The number of hydrogen-bond acceptors (Lipinski definition) is 7. The number of unbranched alkanes of at least 4 members (excludes halogenated alkanes) is 2. The van der Waals surface area contributed by atoms with Crippen molar-refractivity contribution in [3.63, 3.8) is 0 Å². The number of benzene rings is 3. The lowest BCUT2D eigenvalue weighted by Crippen LogP contribution is -2.47. The maximum Gasteiger partial charge on any atom is 0.407 e. The number of alkyl carbamates (subject to hydrolysis) is 1. The van der Waals surface area contributed by atoms with Gasteiger partial charge in [-0.2, -0.15) is 0 Å². The van der Waals surface area contributed by atoms with Crippen molar-refractivity contribution < 1.29 is 23.9 Å². The molecule has 1 heterocycles. The van der Waals surface area contributed by atoms with Gasteiger partial charge in [-0.05, 0) is 116 Å². The van der Waals surface area contributed by atoms with E-state index < -0.39 is 12.1 Å². The molecular formula is C53H79N5O5. The van der Waals surface area contributed by atoms with Crippen LogP contribution < -0.4 is 16.0 Å². The van der Waals surface area contributed by atoms with Crippen molar-refractivity contribution in [2.75, 3.05) is 25.5 Å². The summed E-state index contributed by atoms with van der Waals surface area (Å²) in [6.45, 7) is 20.2. The number of anilines is 1.